The molecule has 2 aromatic rings. The van der Waals surface area contributed by atoms with Gasteiger partial charge in [0.25, 0.3) is 0 Å². The summed E-state index contributed by atoms with van der Waals surface area (Å²) < 4.78 is 44.9. The molecule has 8 heteroatoms. The SMILES string of the molecule is Cl.Cl.FC(F)(F)C[C@H](c1ccc(Oc2ccccc2)cc1)N1CCNCC1. The lowest BCUT2D eigenvalue weighted by molar-refractivity contribution is -0.148. The Morgan fingerprint density at radius 3 is 2.00 bits per heavy atom. The highest BCUT2D eigenvalue weighted by atomic mass is 35.5. The lowest BCUT2D eigenvalue weighted by atomic mass is 10.0. The lowest BCUT2D eigenvalue weighted by Gasteiger charge is -2.35. The van der Waals surface area contributed by atoms with Crippen LogP contribution in [0.4, 0.5) is 13.2 Å². The second-order valence-electron chi connectivity index (χ2n) is 6.11. The first-order chi connectivity index (χ1) is 12.0. The molecule has 150 valence electrons. The molecule has 0 spiro atoms. The first kappa shape index (κ1) is 23.6. The zero-order valence-electron chi connectivity index (χ0n) is 14.6. The topological polar surface area (TPSA) is 24.5 Å². The van der Waals surface area contributed by atoms with Crippen molar-refractivity contribution in [3.63, 3.8) is 0 Å². The Kier molecular flexibility index (Phi) is 9.39. The molecule has 0 aromatic heterocycles. The molecule has 1 aliphatic heterocycles. The first-order valence-electron chi connectivity index (χ1n) is 8.36. The van der Waals surface area contributed by atoms with Crippen LogP contribution in [0, 0.1) is 0 Å². The van der Waals surface area contributed by atoms with Crippen LogP contribution in [0.25, 0.3) is 0 Å². The molecule has 1 saturated heterocycles. The van der Waals surface area contributed by atoms with Crippen LogP contribution in [0.2, 0.25) is 0 Å². The summed E-state index contributed by atoms with van der Waals surface area (Å²) in [5.41, 5.74) is 0.666. The molecular weight excluding hydrogens is 400 g/mol. The molecule has 0 saturated carbocycles. The molecule has 1 atom stereocenters. The quantitative estimate of drug-likeness (QED) is 0.714. The smallest absolute Gasteiger partial charge is 0.390 e. The maximum absolute atomic E-state index is 13.0. The van der Waals surface area contributed by atoms with Gasteiger partial charge >= 0.3 is 6.18 Å². The predicted molar refractivity (Wildman–Crippen MR) is 105 cm³/mol. The van der Waals surface area contributed by atoms with Gasteiger partial charge in [-0.3, -0.25) is 4.90 Å². The number of alkyl halides is 3. The largest absolute Gasteiger partial charge is 0.457 e. The average molecular weight is 423 g/mol. The molecule has 0 radical (unpaired) electrons. The molecule has 3 rings (SSSR count). The Balaban J connectivity index is 0.00000182. The summed E-state index contributed by atoms with van der Waals surface area (Å²) in [4.78, 5) is 1.90. The summed E-state index contributed by atoms with van der Waals surface area (Å²) >= 11 is 0. The Hall–Kier alpha value is -1.47. The number of nitrogens with one attached hydrogen (secondary N) is 1. The van der Waals surface area contributed by atoms with Gasteiger partial charge in [-0.2, -0.15) is 13.2 Å². The van der Waals surface area contributed by atoms with Crippen LogP contribution in [0.15, 0.2) is 54.6 Å². The molecule has 0 bridgehead atoms. The van der Waals surface area contributed by atoms with Gasteiger partial charge < -0.3 is 10.1 Å². The number of benzene rings is 2. The van der Waals surface area contributed by atoms with Crippen molar-refractivity contribution in [2.75, 3.05) is 26.2 Å². The van der Waals surface area contributed by atoms with Crippen LogP contribution in [0.5, 0.6) is 11.5 Å². The highest BCUT2D eigenvalue weighted by Crippen LogP contribution is 2.35. The van der Waals surface area contributed by atoms with Crippen molar-refractivity contribution in [2.45, 2.75) is 18.6 Å². The Labute approximate surface area is 169 Å². The van der Waals surface area contributed by atoms with E-state index in [-0.39, 0.29) is 24.8 Å². The summed E-state index contributed by atoms with van der Waals surface area (Å²) in [6.07, 6.45) is -5.04. The van der Waals surface area contributed by atoms with E-state index >= 15 is 0 Å². The molecule has 1 fully saturated rings. The van der Waals surface area contributed by atoms with Crippen LogP contribution in [-0.4, -0.2) is 37.3 Å². The van der Waals surface area contributed by atoms with Crippen LogP contribution in [0.3, 0.4) is 0 Å². The van der Waals surface area contributed by atoms with E-state index in [9.17, 15) is 13.2 Å². The van der Waals surface area contributed by atoms with Crippen molar-refractivity contribution < 1.29 is 17.9 Å². The van der Waals surface area contributed by atoms with E-state index in [1.54, 1.807) is 24.3 Å². The van der Waals surface area contributed by atoms with Gasteiger partial charge in [-0.05, 0) is 29.8 Å². The van der Waals surface area contributed by atoms with Gasteiger partial charge in [-0.1, -0.05) is 30.3 Å². The monoisotopic (exact) mass is 422 g/mol. The van der Waals surface area contributed by atoms with E-state index in [1.165, 1.54) is 0 Å². The maximum Gasteiger partial charge on any atom is 0.390 e. The van der Waals surface area contributed by atoms with Crippen LogP contribution in [0.1, 0.15) is 18.0 Å². The number of para-hydroxylation sites is 1. The van der Waals surface area contributed by atoms with Crippen molar-refractivity contribution in [2.24, 2.45) is 0 Å². The van der Waals surface area contributed by atoms with Crippen LogP contribution >= 0.6 is 24.8 Å². The molecule has 3 nitrogen and oxygen atoms in total. The van der Waals surface area contributed by atoms with Gasteiger partial charge in [0.15, 0.2) is 0 Å². The molecule has 0 aliphatic carbocycles. The molecule has 1 aliphatic rings. The molecule has 27 heavy (non-hydrogen) atoms. The van der Waals surface area contributed by atoms with Gasteiger partial charge in [-0.25, -0.2) is 0 Å². The average Bonchev–Trinajstić information content (AvgIpc) is 2.61. The van der Waals surface area contributed by atoms with E-state index in [2.05, 4.69) is 5.32 Å². The second kappa shape index (κ2) is 10.8. The van der Waals surface area contributed by atoms with Gasteiger partial charge in [-0.15, -0.1) is 24.8 Å². The third kappa shape index (κ3) is 7.22. The predicted octanol–water partition coefficient (Wildman–Crippen LogP) is 5.22. The minimum absolute atomic E-state index is 0. The van der Waals surface area contributed by atoms with E-state index in [4.69, 9.17) is 4.74 Å². The minimum Gasteiger partial charge on any atom is -0.457 e. The van der Waals surface area contributed by atoms with E-state index in [0.29, 0.717) is 43.2 Å². The van der Waals surface area contributed by atoms with Crippen molar-refractivity contribution in [3.8, 4) is 11.5 Å². The standard InChI is InChI=1S/C19H21F3N2O.2ClH/c20-19(21,22)14-18(24-12-10-23-11-13-24)15-6-8-17(9-7-15)25-16-4-2-1-3-5-16;;/h1-9,18,23H,10-14H2;2*1H/t18-;;/m1../s1. The Morgan fingerprint density at radius 2 is 1.44 bits per heavy atom. The number of hydrogen-bond donors (Lipinski definition) is 1. The van der Waals surface area contributed by atoms with Gasteiger partial charge in [0.2, 0.25) is 0 Å². The Morgan fingerprint density at radius 1 is 0.889 bits per heavy atom. The fourth-order valence-corrected chi connectivity index (χ4v) is 3.05. The number of nitrogens with zero attached hydrogens (tertiary/aromatic N) is 1. The summed E-state index contributed by atoms with van der Waals surface area (Å²) in [7, 11) is 0. The number of hydrogen-bond acceptors (Lipinski definition) is 3. The number of ether oxygens (including phenoxy) is 1. The van der Waals surface area contributed by atoms with Crippen LogP contribution in [-0.2, 0) is 0 Å². The van der Waals surface area contributed by atoms with Crippen molar-refractivity contribution in [1.82, 2.24) is 10.2 Å². The van der Waals surface area contributed by atoms with Crippen LogP contribution < -0.4 is 10.1 Å². The molecular formula is C19H23Cl2F3N2O. The van der Waals surface area contributed by atoms with E-state index in [1.807, 2.05) is 35.2 Å². The third-order valence-electron chi connectivity index (χ3n) is 4.26. The van der Waals surface area contributed by atoms with Gasteiger partial charge in [0.05, 0.1) is 6.42 Å². The van der Waals surface area contributed by atoms with Gasteiger partial charge in [0, 0.05) is 32.2 Å². The van der Waals surface area contributed by atoms with E-state index in [0.717, 1.165) is 0 Å². The summed E-state index contributed by atoms with van der Waals surface area (Å²) in [6.45, 7) is 2.65. The highest BCUT2D eigenvalue weighted by Gasteiger charge is 2.35. The van der Waals surface area contributed by atoms with Crippen molar-refractivity contribution in [3.05, 3.63) is 60.2 Å². The summed E-state index contributed by atoms with van der Waals surface area (Å²) in [5.74, 6) is 1.31. The van der Waals surface area contributed by atoms with Crippen molar-refractivity contribution in [1.29, 1.82) is 0 Å². The molecule has 1 N–H and O–H groups in total. The summed E-state index contributed by atoms with van der Waals surface area (Å²) in [5, 5.41) is 3.18. The molecule has 0 unspecified atom stereocenters. The molecule has 2 aromatic carbocycles. The fraction of sp³-hybridized carbons (Fsp3) is 0.368. The third-order valence-corrected chi connectivity index (χ3v) is 4.26. The number of rotatable bonds is 5. The highest BCUT2D eigenvalue weighted by molar-refractivity contribution is 5.85. The lowest BCUT2D eigenvalue weighted by Crippen LogP contribution is -2.46. The first-order valence-corrected chi connectivity index (χ1v) is 8.36. The maximum atomic E-state index is 13.0. The van der Waals surface area contributed by atoms with E-state index < -0.39 is 18.6 Å². The summed E-state index contributed by atoms with van der Waals surface area (Å²) in [6, 6.07) is 15.6. The normalized spacial score (nSPS) is 16.0. The molecule has 1 heterocycles. The van der Waals surface area contributed by atoms with Gasteiger partial charge in [0.1, 0.15) is 11.5 Å². The fourth-order valence-electron chi connectivity index (χ4n) is 3.05. The number of piperazine rings is 1. The minimum atomic E-state index is -4.20. The molecule has 0 amide bonds. The van der Waals surface area contributed by atoms with Crippen molar-refractivity contribution >= 4 is 24.8 Å². The second-order valence-corrected chi connectivity index (χ2v) is 6.11. The zero-order valence-corrected chi connectivity index (χ0v) is 16.2. The zero-order chi connectivity index (χ0) is 17.7. The number of halogens is 5. The Bertz CT molecular complexity index is 663.